The van der Waals surface area contributed by atoms with Gasteiger partial charge in [-0.15, -0.1) is 0 Å². The van der Waals surface area contributed by atoms with Crippen molar-refractivity contribution in [2.75, 3.05) is 5.75 Å². The van der Waals surface area contributed by atoms with E-state index >= 15 is 0 Å². The van der Waals surface area contributed by atoms with Crippen molar-refractivity contribution in [1.82, 2.24) is 0 Å². The van der Waals surface area contributed by atoms with Gasteiger partial charge in [0.15, 0.2) is 9.84 Å². The first-order valence-electron chi connectivity index (χ1n) is 9.56. The van der Waals surface area contributed by atoms with Gasteiger partial charge in [0.05, 0.1) is 10.6 Å². The maximum Gasteiger partial charge on any atom is 0.179 e. The Balaban J connectivity index is 1.96. The van der Waals surface area contributed by atoms with Crippen molar-refractivity contribution in [1.29, 1.82) is 0 Å². The molecule has 0 saturated carbocycles. The summed E-state index contributed by atoms with van der Waals surface area (Å²) in [5, 5.41) is 0. The lowest BCUT2D eigenvalue weighted by molar-refractivity contribution is 0.191. The normalized spacial score (nSPS) is 31.5. The van der Waals surface area contributed by atoms with E-state index < -0.39 is 15.4 Å². The van der Waals surface area contributed by atoms with Gasteiger partial charge >= 0.3 is 0 Å². The molecule has 4 rings (SSSR count). The lowest BCUT2D eigenvalue weighted by Gasteiger charge is -2.31. The Morgan fingerprint density at radius 1 is 1.04 bits per heavy atom. The van der Waals surface area contributed by atoms with E-state index in [0.29, 0.717) is 4.90 Å². The van der Waals surface area contributed by atoms with Crippen LogP contribution in [0, 0.1) is 5.41 Å². The van der Waals surface area contributed by atoms with Crippen LogP contribution in [0.3, 0.4) is 0 Å². The Kier molecular flexibility index (Phi) is 4.24. The molecule has 3 nitrogen and oxygen atoms in total. The molecular formula is C22H26O3S. The number of benzene rings is 2. The summed E-state index contributed by atoms with van der Waals surface area (Å²) >= 11 is 0. The van der Waals surface area contributed by atoms with E-state index in [4.69, 9.17) is 4.74 Å². The molecule has 0 bridgehead atoms. The number of sulfone groups is 1. The van der Waals surface area contributed by atoms with Gasteiger partial charge in [-0.25, -0.2) is 8.42 Å². The summed E-state index contributed by atoms with van der Waals surface area (Å²) in [7, 11) is -3.36. The summed E-state index contributed by atoms with van der Waals surface area (Å²) in [6.45, 7) is 4.26. The van der Waals surface area contributed by atoms with Gasteiger partial charge in [-0.05, 0) is 24.5 Å². The molecule has 0 spiro atoms. The fraction of sp³-hybridized carbons (Fsp3) is 0.455. The van der Waals surface area contributed by atoms with Crippen LogP contribution >= 0.6 is 0 Å². The Morgan fingerprint density at radius 2 is 1.73 bits per heavy atom. The van der Waals surface area contributed by atoms with E-state index in [1.165, 1.54) is 0 Å². The molecule has 2 aliphatic rings. The van der Waals surface area contributed by atoms with E-state index in [-0.39, 0.29) is 17.3 Å². The lowest BCUT2D eigenvalue weighted by atomic mass is 9.71. The first-order valence-corrected chi connectivity index (χ1v) is 11.2. The molecule has 0 aliphatic carbocycles. The number of epoxide rings is 1. The molecule has 0 aromatic heterocycles. The molecule has 2 heterocycles. The third-order valence-electron chi connectivity index (χ3n) is 6.21. The topological polar surface area (TPSA) is 46.7 Å². The summed E-state index contributed by atoms with van der Waals surface area (Å²) in [4.78, 5) is 0.443. The quantitative estimate of drug-likeness (QED) is 0.717. The summed E-state index contributed by atoms with van der Waals surface area (Å²) in [6.07, 6.45) is 3.67. The minimum Gasteiger partial charge on any atom is -0.355 e. The maximum atomic E-state index is 13.3. The maximum absolute atomic E-state index is 13.3. The largest absolute Gasteiger partial charge is 0.355 e. The van der Waals surface area contributed by atoms with Crippen LogP contribution in [-0.2, 0) is 20.2 Å². The fourth-order valence-corrected chi connectivity index (χ4v) is 7.00. The SMILES string of the molecule is CCCC[C@]1(CC)CS(=O)(=O)c2ccccc2[C@]2(c3ccccc3)OC12. The van der Waals surface area contributed by atoms with Crippen LogP contribution in [0.4, 0.5) is 0 Å². The molecule has 0 radical (unpaired) electrons. The predicted molar refractivity (Wildman–Crippen MR) is 103 cm³/mol. The van der Waals surface area contributed by atoms with Gasteiger partial charge in [-0.2, -0.15) is 0 Å². The Hall–Kier alpha value is -1.65. The van der Waals surface area contributed by atoms with Gasteiger partial charge in [0, 0.05) is 11.0 Å². The van der Waals surface area contributed by atoms with Crippen LogP contribution in [0.1, 0.15) is 50.7 Å². The third-order valence-corrected chi connectivity index (χ3v) is 8.19. The van der Waals surface area contributed by atoms with Crippen molar-refractivity contribution >= 4 is 9.84 Å². The molecule has 1 saturated heterocycles. The molecule has 0 amide bonds. The van der Waals surface area contributed by atoms with E-state index in [9.17, 15) is 8.42 Å². The number of fused-ring (bicyclic) bond motifs is 3. The monoisotopic (exact) mass is 370 g/mol. The molecule has 1 unspecified atom stereocenters. The Morgan fingerprint density at radius 3 is 2.42 bits per heavy atom. The summed E-state index contributed by atoms with van der Waals surface area (Å²) < 4.78 is 33.1. The highest BCUT2D eigenvalue weighted by atomic mass is 32.2. The first kappa shape index (κ1) is 17.7. The van der Waals surface area contributed by atoms with Crippen LogP contribution < -0.4 is 0 Å². The van der Waals surface area contributed by atoms with Gasteiger partial charge in [-0.3, -0.25) is 0 Å². The highest BCUT2D eigenvalue weighted by Crippen LogP contribution is 2.64. The van der Waals surface area contributed by atoms with Crippen LogP contribution in [0.2, 0.25) is 0 Å². The zero-order valence-electron chi connectivity index (χ0n) is 15.4. The number of ether oxygens (including phenoxy) is 1. The zero-order valence-corrected chi connectivity index (χ0v) is 16.3. The van der Waals surface area contributed by atoms with Crippen molar-refractivity contribution in [2.24, 2.45) is 5.41 Å². The Bertz CT molecular complexity index is 906. The number of rotatable bonds is 5. The molecule has 2 aliphatic heterocycles. The molecule has 2 aromatic carbocycles. The minimum absolute atomic E-state index is 0.0904. The van der Waals surface area contributed by atoms with Crippen molar-refractivity contribution < 1.29 is 13.2 Å². The Labute approximate surface area is 156 Å². The number of unbranched alkanes of at least 4 members (excludes halogenated alkanes) is 1. The highest BCUT2D eigenvalue weighted by Gasteiger charge is 2.70. The molecule has 1 fully saturated rings. The van der Waals surface area contributed by atoms with E-state index in [1.807, 2.05) is 36.4 Å². The van der Waals surface area contributed by atoms with Gasteiger partial charge in [0.1, 0.15) is 11.7 Å². The van der Waals surface area contributed by atoms with E-state index in [2.05, 4.69) is 26.0 Å². The molecule has 26 heavy (non-hydrogen) atoms. The first-order chi connectivity index (χ1) is 12.5. The average molecular weight is 371 g/mol. The zero-order chi connectivity index (χ0) is 18.4. The second-order valence-electron chi connectivity index (χ2n) is 7.67. The van der Waals surface area contributed by atoms with Gasteiger partial charge in [0.25, 0.3) is 0 Å². The van der Waals surface area contributed by atoms with Crippen molar-refractivity contribution in [2.45, 2.75) is 56.1 Å². The van der Waals surface area contributed by atoms with Crippen molar-refractivity contribution in [3.05, 3.63) is 65.7 Å². The fourth-order valence-electron chi connectivity index (χ4n) is 4.75. The predicted octanol–water partition coefficient (Wildman–Crippen LogP) is 4.70. The third kappa shape index (κ3) is 2.46. The second kappa shape index (κ2) is 6.21. The number of hydrogen-bond acceptors (Lipinski definition) is 3. The van der Waals surface area contributed by atoms with Crippen molar-refractivity contribution in [3.63, 3.8) is 0 Å². The minimum atomic E-state index is -3.36. The molecule has 138 valence electrons. The standard InChI is InChI=1S/C22H26O3S/c1-3-5-15-21(4-2)16-26(23,24)19-14-10-9-13-18(19)22(20(21)25-22)17-11-7-6-8-12-17/h6-14,20H,3-5,15-16H2,1-2H3/t20?,21-,22+/m1/s1. The van der Waals surface area contributed by atoms with Gasteiger partial charge in [0.2, 0.25) is 0 Å². The number of hydrogen-bond donors (Lipinski definition) is 0. The molecule has 3 atom stereocenters. The van der Waals surface area contributed by atoms with E-state index in [0.717, 1.165) is 36.8 Å². The summed E-state index contributed by atoms with van der Waals surface area (Å²) in [6, 6.07) is 17.5. The van der Waals surface area contributed by atoms with Crippen LogP contribution in [0.15, 0.2) is 59.5 Å². The van der Waals surface area contributed by atoms with Crippen LogP contribution in [0.25, 0.3) is 0 Å². The second-order valence-corrected chi connectivity index (χ2v) is 9.63. The van der Waals surface area contributed by atoms with Crippen molar-refractivity contribution in [3.8, 4) is 0 Å². The van der Waals surface area contributed by atoms with Gasteiger partial charge in [-0.1, -0.05) is 75.2 Å². The summed E-state index contributed by atoms with van der Waals surface area (Å²) in [5.74, 6) is 0.173. The lowest BCUT2D eigenvalue weighted by Crippen LogP contribution is -2.36. The van der Waals surface area contributed by atoms with Crippen LogP contribution in [0.5, 0.6) is 0 Å². The van der Waals surface area contributed by atoms with Gasteiger partial charge < -0.3 is 4.74 Å². The molecular weight excluding hydrogens is 344 g/mol. The molecule has 2 aromatic rings. The smallest absolute Gasteiger partial charge is 0.179 e. The molecule has 0 N–H and O–H groups in total. The molecule has 4 heteroatoms. The average Bonchev–Trinajstić information content (AvgIpc) is 3.43. The van der Waals surface area contributed by atoms with E-state index in [1.54, 1.807) is 6.07 Å². The van der Waals surface area contributed by atoms with Crippen LogP contribution in [-0.4, -0.2) is 20.3 Å². The summed E-state index contributed by atoms with van der Waals surface area (Å²) in [5.41, 5.74) is 0.890. The highest BCUT2D eigenvalue weighted by molar-refractivity contribution is 7.91.